The zero-order valence-corrected chi connectivity index (χ0v) is 19.8. The van der Waals surface area contributed by atoms with Crippen LogP contribution in [0.5, 0.6) is 0 Å². The second-order valence-corrected chi connectivity index (χ2v) is 8.39. The summed E-state index contributed by atoms with van der Waals surface area (Å²) in [6, 6.07) is 33.7. The molecule has 5 heteroatoms. The summed E-state index contributed by atoms with van der Waals surface area (Å²) in [7, 11) is 0. The van der Waals surface area contributed by atoms with Gasteiger partial charge in [0.1, 0.15) is 0 Å². The van der Waals surface area contributed by atoms with Gasteiger partial charge in [-0.05, 0) is 24.6 Å². The lowest BCUT2D eigenvalue weighted by Crippen LogP contribution is -2.26. The molecule has 5 rings (SSSR count). The molecule has 5 aromatic rings. The lowest BCUT2D eigenvalue weighted by atomic mass is 10.0. The van der Waals surface area contributed by atoms with Crippen LogP contribution in [0, 0.1) is 0 Å². The third kappa shape index (κ3) is 4.77. The van der Waals surface area contributed by atoms with Crippen molar-refractivity contribution in [3.05, 3.63) is 120 Å². The van der Waals surface area contributed by atoms with E-state index in [-0.39, 0.29) is 5.78 Å². The first-order valence-corrected chi connectivity index (χ1v) is 11.9. The van der Waals surface area contributed by atoms with Crippen molar-refractivity contribution in [2.75, 3.05) is 0 Å². The van der Waals surface area contributed by atoms with Crippen molar-refractivity contribution in [2.45, 2.75) is 19.4 Å². The lowest BCUT2D eigenvalue weighted by molar-refractivity contribution is 0.0277. The van der Waals surface area contributed by atoms with Crippen molar-refractivity contribution in [2.24, 2.45) is 0 Å². The van der Waals surface area contributed by atoms with Crippen molar-refractivity contribution in [1.82, 2.24) is 9.97 Å². The highest BCUT2D eigenvalue weighted by atomic mass is 16.5. The Bertz CT molecular complexity index is 1520. The van der Waals surface area contributed by atoms with Crippen LogP contribution >= 0.6 is 0 Å². The standard InChI is InChI=1S/C31H24N2O3/c1-2-27(30(34)23-16-10-5-11-17-23)36-31(35)24-18-19-25-26(20-24)33-29(22-14-8-4-9-15-22)28(32-25)21-12-6-3-7-13-21/h3-20,27H,2H2,1H3/t27-/m0/s1. The molecule has 1 aromatic heterocycles. The Morgan fingerprint density at radius 2 is 1.19 bits per heavy atom. The maximum absolute atomic E-state index is 13.0. The molecule has 1 atom stereocenters. The first-order valence-electron chi connectivity index (χ1n) is 11.9. The highest BCUT2D eigenvalue weighted by Gasteiger charge is 2.23. The molecule has 0 aliphatic rings. The molecule has 0 spiro atoms. The fourth-order valence-electron chi connectivity index (χ4n) is 4.08. The number of fused-ring (bicyclic) bond motifs is 1. The number of benzene rings is 4. The summed E-state index contributed by atoms with van der Waals surface area (Å²) in [4.78, 5) is 35.7. The average molecular weight is 473 g/mol. The molecule has 0 amide bonds. The topological polar surface area (TPSA) is 69.2 Å². The molecule has 0 unspecified atom stereocenters. The van der Waals surface area contributed by atoms with Gasteiger partial charge in [-0.25, -0.2) is 14.8 Å². The third-order valence-corrected chi connectivity index (χ3v) is 5.97. The third-order valence-electron chi connectivity index (χ3n) is 5.97. The number of carbonyl (C=O) groups is 2. The highest BCUT2D eigenvalue weighted by Crippen LogP contribution is 2.31. The van der Waals surface area contributed by atoms with Crippen molar-refractivity contribution in [3.63, 3.8) is 0 Å². The van der Waals surface area contributed by atoms with Gasteiger partial charge in [-0.1, -0.05) is 97.9 Å². The van der Waals surface area contributed by atoms with Crippen LogP contribution in [0.25, 0.3) is 33.5 Å². The monoisotopic (exact) mass is 472 g/mol. The van der Waals surface area contributed by atoms with Gasteiger partial charge in [-0.15, -0.1) is 0 Å². The van der Waals surface area contributed by atoms with Crippen molar-refractivity contribution >= 4 is 22.8 Å². The van der Waals surface area contributed by atoms with E-state index in [9.17, 15) is 9.59 Å². The Kier molecular flexibility index (Phi) is 6.63. The number of Topliss-reactive ketones (excluding diaryl/α,β-unsaturated/α-hetero) is 1. The molecular weight excluding hydrogens is 448 g/mol. The number of aromatic nitrogens is 2. The van der Waals surface area contributed by atoms with Gasteiger partial charge in [0.2, 0.25) is 5.78 Å². The second kappa shape index (κ2) is 10.3. The molecule has 36 heavy (non-hydrogen) atoms. The summed E-state index contributed by atoms with van der Waals surface area (Å²) < 4.78 is 5.62. The number of hydrogen-bond donors (Lipinski definition) is 0. The predicted octanol–water partition coefficient (Wildman–Crippen LogP) is 6.78. The van der Waals surface area contributed by atoms with Crippen LogP contribution in [0.15, 0.2) is 109 Å². The fraction of sp³-hybridized carbons (Fsp3) is 0.0968. The normalized spacial score (nSPS) is 11.7. The summed E-state index contributed by atoms with van der Waals surface area (Å²) in [6.07, 6.45) is -0.479. The molecule has 4 aromatic carbocycles. The Balaban J connectivity index is 1.51. The van der Waals surface area contributed by atoms with E-state index >= 15 is 0 Å². The van der Waals surface area contributed by atoms with Crippen LogP contribution in [-0.4, -0.2) is 27.8 Å². The lowest BCUT2D eigenvalue weighted by Gasteiger charge is -2.16. The highest BCUT2D eigenvalue weighted by molar-refractivity contribution is 6.02. The van der Waals surface area contributed by atoms with Crippen LogP contribution in [0.2, 0.25) is 0 Å². The van der Waals surface area contributed by atoms with Gasteiger partial charge in [0.15, 0.2) is 6.10 Å². The molecule has 0 aliphatic heterocycles. The first kappa shape index (κ1) is 23.1. The summed E-state index contributed by atoms with van der Waals surface area (Å²) in [5.74, 6) is -0.783. The summed E-state index contributed by atoms with van der Waals surface area (Å²) in [5.41, 5.74) is 5.46. The van der Waals surface area contributed by atoms with E-state index in [0.717, 1.165) is 22.5 Å². The van der Waals surface area contributed by atoms with E-state index in [1.165, 1.54) is 0 Å². The van der Waals surface area contributed by atoms with Gasteiger partial charge in [0.25, 0.3) is 0 Å². The molecule has 0 saturated heterocycles. The van der Waals surface area contributed by atoms with Gasteiger partial charge >= 0.3 is 5.97 Å². The second-order valence-electron chi connectivity index (χ2n) is 8.39. The number of rotatable bonds is 7. The zero-order chi connectivity index (χ0) is 24.9. The minimum absolute atomic E-state index is 0.217. The maximum atomic E-state index is 13.0. The fourth-order valence-corrected chi connectivity index (χ4v) is 4.08. The number of hydrogen-bond acceptors (Lipinski definition) is 5. The summed E-state index contributed by atoms with van der Waals surface area (Å²) in [6.45, 7) is 1.82. The van der Waals surface area contributed by atoms with Gasteiger partial charge in [0.05, 0.1) is 28.0 Å². The average Bonchev–Trinajstić information content (AvgIpc) is 2.95. The van der Waals surface area contributed by atoms with Crippen LogP contribution < -0.4 is 0 Å². The quantitative estimate of drug-likeness (QED) is 0.193. The van der Waals surface area contributed by atoms with E-state index in [4.69, 9.17) is 14.7 Å². The van der Waals surface area contributed by atoms with E-state index in [2.05, 4.69) is 0 Å². The van der Waals surface area contributed by atoms with Crippen LogP contribution in [0.1, 0.15) is 34.1 Å². The minimum atomic E-state index is -0.859. The van der Waals surface area contributed by atoms with E-state index < -0.39 is 12.1 Å². The van der Waals surface area contributed by atoms with E-state index in [0.29, 0.717) is 28.6 Å². The number of carbonyl (C=O) groups excluding carboxylic acids is 2. The Hall–Kier alpha value is -4.64. The molecule has 176 valence electrons. The molecule has 1 heterocycles. The molecule has 0 fully saturated rings. The SMILES string of the molecule is CC[C@H](OC(=O)c1ccc2nc(-c3ccccc3)c(-c3ccccc3)nc2c1)C(=O)c1ccccc1. The minimum Gasteiger partial charge on any atom is -0.450 e. The van der Waals surface area contributed by atoms with Gasteiger partial charge in [0, 0.05) is 16.7 Å². The zero-order valence-electron chi connectivity index (χ0n) is 19.8. The Labute approximate surface area is 209 Å². The van der Waals surface area contributed by atoms with Gasteiger partial charge in [-0.3, -0.25) is 4.79 Å². The molecule has 5 nitrogen and oxygen atoms in total. The van der Waals surface area contributed by atoms with E-state index in [1.54, 1.807) is 42.5 Å². The van der Waals surface area contributed by atoms with Gasteiger partial charge < -0.3 is 4.74 Å². The molecule has 0 saturated carbocycles. The Morgan fingerprint density at radius 3 is 1.75 bits per heavy atom. The number of ketones is 1. The smallest absolute Gasteiger partial charge is 0.338 e. The molecule has 0 radical (unpaired) electrons. The number of esters is 1. The first-order chi connectivity index (χ1) is 17.6. The largest absolute Gasteiger partial charge is 0.450 e. The predicted molar refractivity (Wildman–Crippen MR) is 141 cm³/mol. The molecule has 0 aliphatic carbocycles. The Morgan fingerprint density at radius 1 is 0.667 bits per heavy atom. The van der Waals surface area contributed by atoms with Crippen molar-refractivity contribution in [1.29, 1.82) is 0 Å². The van der Waals surface area contributed by atoms with Crippen LogP contribution in [-0.2, 0) is 4.74 Å². The van der Waals surface area contributed by atoms with Crippen molar-refractivity contribution in [3.8, 4) is 22.5 Å². The van der Waals surface area contributed by atoms with Gasteiger partial charge in [-0.2, -0.15) is 0 Å². The maximum Gasteiger partial charge on any atom is 0.338 e. The summed E-state index contributed by atoms with van der Waals surface area (Å²) >= 11 is 0. The van der Waals surface area contributed by atoms with Crippen molar-refractivity contribution < 1.29 is 14.3 Å². The number of nitrogens with zero attached hydrogens (tertiary/aromatic N) is 2. The number of ether oxygens (including phenoxy) is 1. The molecule has 0 N–H and O–H groups in total. The molecular formula is C31H24N2O3. The van der Waals surface area contributed by atoms with E-state index in [1.807, 2.05) is 73.7 Å². The van der Waals surface area contributed by atoms with Crippen LogP contribution in [0.4, 0.5) is 0 Å². The summed E-state index contributed by atoms with van der Waals surface area (Å²) in [5, 5.41) is 0. The van der Waals surface area contributed by atoms with Crippen LogP contribution in [0.3, 0.4) is 0 Å². The molecule has 0 bridgehead atoms.